The Morgan fingerprint density at radius 1 is 1.25 bits per heavy atom. The average molecular weight is 151 g/mol. The second-order valence-corrected chi connectivity index (χ2v) is 2.34. The molecule has 0 saturated carbocycles. The number of ketones is 2. The van der Waals surface area contributed by atoms with E-state index < -0.39 is 4.78 Å². The Labute approximate surface area is 56.7 Å². The Bertz CT molecular complexity index is 106. The summed E-state index contributed by atoms with van der Waals surface area (Å²) in [5, 5.41) is 0. The third-order valence-electron chi connectivity index (χ3n) is 0.738. The molecule has 2 nitrogen and oxygen atoms in total. The zero-order valence-corrected chi connectivity index (χ0v) is 6.08. The maximum atomic E-state index is 10.3. The summed E-state index contributed by atoms with van der Waals surface area (Å²) >= 11 is 2.48. The van der Waals surface area contributed by atoms with Crippen molar-refractivity contribution in [1.82, 2.24) is 0 Å². The molecule has 0 heterocycles. The molecule has 0 aliphatic heterocycles. The predicted octanol–water partition coefficient (Wildman–Crippen LogP) is 0.500. The van der Waals surface area contributed by atoms with Crippen LogP contribution < -0.4 is 0 Å². The standard InChI is InChI=1S/C5H7O2.Cr/c1-4(6)3-5(2)7;/h3H,1-2H3;. The van der Waals surface area contributed by atoms with Crippen molar-refractivity contribution in [2.75, 3.05) is 0 Å². The Hall–Kier alpha value is -0.128. The van der Waals surface area contributed by atoms with Gasteiger partial charge in [-0.25, -0.2) is 0 Å². The van der Waals surface area contributed by atoms with Crippen LogP contribution in [0.15, 0.2) is 0 Å². The van der Waals surface area contributed by atoms with E-state index in [2.05, 4.69) is 16.3 Å². The van der Waals surface area contributed by atoms with Crippen molar-refractivity contribution in [3.8, 4) is 0 Å². The van der Waals surface area contributed by atoms with Gasteiger partial charge in [0.05, 0.1) is 0 Å². The van der Waals surface area contributed by atoms with Crippen molar-refractivity contribution in [3.05, 3.63) is 0 Å². The van der Waals surface area contributed by atoms with Gasteiger partial charge >= 0.3 is 56.1 Å². The Kier molecular flexibility index (Phi) is 2.96. The van der Waals surface area contributed by atoms with Gasteiger partial charge in [-0.2, -0.15) is 0 Å². The normalized spacial score (nSPS) is 9.38. The summed E-state index contributed by atoms with van der Waals surface area (Å²) < 4.78 is -0.532. The zero-order valence-electron chi connectivity index (χ0n) is 4.80. The Morgan fingerprint density at radius 2 is 1.50 bits per heavy atom. The molecule has 0 aliphatic rings. The van der Waals surface area contributed by atoms with E-state index >= 15 is 0 Å². The predicted molar refractivity (Wildman–Crippen MR) is 25.1 cm³/mol. The molecule has 0 spiro atoms. The van der Waals surface area contributed by atoms with Crippen LogP contribution in [-0.2, 0) is 25.9 Å². The van der Waals surface area contributed by atoms with Crippen LogP contribution >= 0.6 is 0 Å². The van der Waals surface area contributed by atoms with Crippen LogP contribution in [0.5, 0.6) is 0 Å². The molecule has 0 unspecified atom stereocenters. The molecule has 0 aromatic rings. The van der Waals surface area contributed by atoms with E-state index in [9.17, 15) is 9.59 Å². The Balaban J connectivity index is 3.83. The van der Waals surface area contributed by atoms with Crippen molar-refractivity contribution in [1.29, 1.82) is 0 Å². The van der Waals surface area contributed by atoms with Crippen molar-refractivity contribution in [2.24, 2.45) is 0 Å². The molecule has 3 heteroatoms. The number of rotatable bonds is 2. The number of hydrogen-bond acceptors (Lipinski definition) is 2. The molecule has 0 rings (SSSR count). The first-order chi connectivity index (χ1) is 3.55. The average Bonchev–Trinajstić information content (AvgIpc) is 1.64. The van der Waals surface area contributed by atoms with E-state index in [1.54, 1.807) is 0 Å². The quantitative estimate of drug-likeness (QED) is 0.538. The van der Waals surface area contributed by atoms with Gasteiger partial charge in [0.2, 0.25) is 0 Å². The van der Waals surface area contributed by atoms with E-state index in [4.69, 9.17) is 0 Å². The molecule has 0 bridgehead atoms. The number of Topliss-reactive ketones (excluding diaryl/α,β-unsaturated/α-hetero) is 2. The summed E-state index contributed by atoms with van der Waals surface area (Å²) in [6, 6.07) is 0. The van der Waals surface area contributed by atoms with Crippen molar-refractivity contribution in [2.45, 2.75) is 18.6 Å². The number of carbonyl (C=O) groups excluding carboxylic acids is 2. The molecule has 8 heavy (non-hydrogen) atoms. The van der Waals surface area contributed by atoms with Gasteiger partial charge in [-0.1, -0.05) is 0 Å². The van der Waals surface area contributed by atoms with Gasteiger partial charge < -0.3 is 0 Å². The van der Waals surface area contributed by atoms with Gasteiger partial charge in [0.25, 0.3) is 0 Å². The van der Waals surface area contributed by atoms with Crippen molar-refractivity contribution >= 4 is 11.6 Å². The van der Waals surface area contributed by atoms with Crippen LogP contribution in [0.25, 0.3) is 0 Å². The molecule has 45 valence electrons. The van der Waals surface area contributed by atoms with E-state index in [1.165, 1.54) is 13.8 Å². The van der Waals surface area contributed by atoms with Crippen LogP contribution in [0.2, 0.25) is 4.78 Å². The van der Waals surface area contributed by atoms with Crippen LogP contribution in [-0.4, -0.2) is 11.6 Å². The molecule has 0 amide bonds. The minimum atomic E-state index is -0.532. The third-order valence-corrected chi connectivity index (χ3v) is 1.78. The summed E-state index contributed by atoms with van der Waals surface area (Å²) in [6.45, 7) is 2.78. The first-order valence-corrected chi connectivity index (χ1v) is 2.96. The maximum absolute atomic E-state index is 10.3. The molecule has 0 fully saturated rings. The van der Waals surface area contributed by atoms with Gasteiger partial charge in [0, 0.05) is 0 Å². The summed E-state index contributed by atoms with van der Waals surface area (Å²) in [5.41, 5.74) is 0. The van der Waals surface area contributed by atoms with Gasteiger partial charge in [-0.15, -0.1) is 0 Å². The van der Waals surface area contributed by atoms with Gasteiger partial charge in [-0.05, 0) is 0 Å². The SMILES string of the molecule is CC(=O)[CH]([Cr])C(C)=O. The van der Waals surface area contributed by atoms with Crippen LogP contribution in [0, 0.1) is 0 Å². The molecule has 0 radical (unpaired) electrons. The number of hydrogen-bond donors (Lipinski definition) is 0. The molecule has 0 aliphatic carbocycles. The van der Waals surface area contributed by atoms with Crippen LogP contribution in [0.3, 0.4) is 0 Å². The fourth-order valence-corrected chi connectivity index (χ4v) is 0.286. The van der Waals surface area contributed by atoms with E-state index in [0.717, 1.165) is 0 Å². The van der Waals surface area contributed by atoms with Gasteiger partial charge in [0.15, 0.2) is 0 Å². The summed E-state index contributed by atoms with van der Waals surface area (Å²) in [6.07, 6.45) is 0. The first-order valence-electron chi connectivity index (χ1n) is 2.22. The summed E-state index contributed by atoms with van der Waals surface area (Å²) in [4.78, 5) is 20.7. The summed E-state index contributed by atoms with van der Waals surface area (Å²) in [5.74, 6) is -0.227. The molecular weight excluding hydrogens is 144 g/mol. The Morgan fingerprint density at radius 3 is 1.50 bits per heavy atom. The summed E-state index contributed by atoms with van der Waals surface area (Å²) in [7, 11) is 0. The van der Waals surface area contributed by atoms with E-state index in [-0.39, 0.29) is 11.6 Å². The molecule has 0 aromatic carbocycles. The fraction of sp³-hybridized carbons (Fsp3) is 0.600. The topological polar surface area (TPSA) is 34.1 Å². The monoisotopic (exact) mass is 151 g/mol. The first kappa shape index (κ1) is 7.87. The minimum absolute atomic E-state index is 0.113. The number of carbonyl (C=O) groups is 2. The van der Waals surface area contributed by atoms with E-state index in [1.807, 2.05) is 0 Å². The van der Waals surface area contributed by atoms with Crippen LogP contribution in [0.1, 0.15) is 13.8 Å². The van der Waals surface area contributed by atoms with Crippen LogP contribution in [0.4, 0.5) is 0 Å². The third kappa shape index (κ3) is 2.25. The van der Waals surface area contributed by atoms with Crippen molar-refractivity contribution in [3.63, 3.8) is 0 Å². The second-order valence-electron chi connectivity index (χ2n) is 1.60. The van der Waals surface area contributed by atoms with Gasteiger partial charge in [-0.3, -0.25) is 0 Å². The van der Waals surface area contributed by atoms with Gasteiger partial charge in [0.1, 0.15) is 0 Å². The molecule has 0 saturated heterocycles. The van der Waals surface area contributed by atoms with Crippen molar-refractivity contribution < 1.29 is 25.9 Å². The molecule has 0 N–H and O–H groups in total. The molecule has 0 atom stereocenters. The fourth-order valence-electron chi connectivity index (χ4n) is 0.286. The molecule has 0 aromatic heterocycles. The second kappa shape index (κ2) is 3.01. The molecular formula is C5H7CrO2. The van der Waals surface area contributed by atoms with E-state index in [0.29, 0.717) is 0 Å². The zero-order chi connectivity index (χ0) is 6.73.